The lowest BCUT2D eigenvalue weighted by atomic mass is 9.86. The number of benzene rings is 2. The van der Waals surface area contributed by atoms with Crippen molar-refractivity contribution in [3.8, 4) is 0 Å². The van der Waals surface area contributed by atoms with Crippen LogP contribution in [0.25, 0.3) is 10.8 Å². The molecule has 1 aliphatic rings. The van der Waals surface area contributed by atoms with Crippen molar-refractivity contribution in [1.82, 2.24) is 0 Å². The van der Waals surface area contributed by atoms with Crippen LogP contribution in [0, 0.1) is 0 Å². The minimum absolute atomic E-state index is 0.135. The lowest BCUT2D eigenvalue weighted by Crippen LogP contribution is -2.16. The molecule has 0 saturated heterocycles. The van der Waals surface area contributed by atoms with Crippen LogP contribution in [-0.2, 0) is 4.79 Å². The van der Waals surface area contributed by atoms with Crippen LogP contribution in [-0.4, -0.2) is 16.9 Å². The van der Waals surface area contributed by atoms with Crippen LogP contribution < -0.4 is 0 Å². The fraction of sp³-hybridized carbons (Fsp3) is 0.222. The molecule has 0 saturated carbocycles. The van der Waals surface area contributed by atoms with Gasteiger partial charge in [-0.25, -0.2) is 4.79 Å². The Hall–Kier alpha value is -2.42. The lowest BCUT2D eigenvalue weighted by Gasteiger charge is -2.17. The van der Waals surface area contributed by atoms with Crippen molar-refractivity contribution in [3.63, 3.8) is 0 Å². The molecular formula is C18H16O3. The number of hydrogen-bond donors (Lipinski definition) is 1. The van der Waals surface area contributed by atoms with Gasteiger partial charge in [-0.15, -0.1) is 0 Å². The van der Waals surface area contributed by atoms with Crippen LogP contribution in [0.15, 0.2) is 53.6 Å². The minimum Gasteiger partial charge on any atom is -0.478 e. The molecule has 1 N–H and O–H groups in total. The quantitative estimate of drug-likeness (QED) is 0.865. The van der Waals surface area contributed by atoms with Crippen LogP contribution in [0.5, 0.6) is 0 Å². The molecule has 2 aromatic rings. The average molecular weight is 280 g/mol. The van der Waals surface area contributed by atoms with Gasteiger partial charge in [-0.3, -0.25) is 4.79 Å². The number of carbonyl (C=O) groups is 2. The van der Waals surface area contributed by atoms with E-state index in [1.807, 2.05) is 36.4 Å². The second-order valence-electron chi connectivity index (χ2n) is 5.33. The summed E-state index contributed by atoms with van der Waals surface area (Å²) in [6, 6.07) is 13.3. The van der Waals surface area contributed by atoms with Crippen LogP contribution >= 0.6 is 0 Å². The van der Waals surface area contributed by atoms with Crippen molar-refractivity contribution in [3.05, 3.63) is 59.2 Å². The number of fused-ring (bicyclic) bond motifs is 1. The number of carbonyl (C=O) groups excluding carboxylic acids is 1. The topological polar surface area (TPSA) is 54.4 Å². The van der Waals surface area contributed by atoms with Gasteiger partial charge in [0.1, 0.15) is 0 Å². The standard InChI is InChI=1S/C18H16O3/c19-17(15-9-3-4-10-16(15)18(20)21)14-11-5-7-12-6-1-2-8-13(12)14/h1-2,5-8,11H,3-4,9-10H2,(H,20,21). The van der Waals surface area contributed by atoms with Crippen LogP contribution in [0.4, 0.5) is 0 Å². The molecule has 0 radical (unpaired) electrons. The first kappa shape index (κ1) is 13.6. The van der Waals surface area contributed by atoms with Crippen molar-refractivity contribution in [2.45, 2.75) is 25.7 Å². The average Bonchev–Trinajstić information content (AvgIpc) is 2.53. The van der Waals surface area contributed by atoms with Crippen molar-refractivity contribution < 1.29 is 14.7 Å². The largest absolute Gasteiger partial charge is 0.478 e. The fourth-order valence-corrected chi connectivity index (χ4v) is 2.98. The number of rotatable bonds is 3. The second kappa shape index (κ2) is 5.52. The summed E-state index contributed by atoms with van der Waals surface area (Å²) < 4.78 is 0. The molecule has 0 unspecified atom stereocenters. The molecule has 0 bridgehead atoms. The molecule has 0 aliphatic heterocycles. The molecular weight excluding hydrogens is 264 g/mol. The monoisotopic (exact) mass is 280 g/mol. The summed E-state index contributed by atoms with van der Waals surface area (Å²) in [5.41, 5.74) is 1.37. The van der Waals surface area contributed by atoms with Crippen LogP contribution in [0.3, 0.4) is 0 Å². The van der Waals surface area contributed by atoms with E-state index in [0.717, 1.165) is 23.6 Å². The zero-order chi connectivity index (χ0) is 14.8. The molecule has 2 aromatic carbocycles. The molecule has 0 heterocycles. The predicted molar refractivity (Wildman–Crippen MR) is 81.4 cm³/mol. The summed E-state index contributed by atoms with van der Waals surface area (Å²) in [5, 5.41) is 11.2. The van der Waals surface area contributed by atoms with Gasteiger partial charge < -0.3 is 5.11 Å². The van der Waals surface area contributed by atoms with Gasteiger partial charge in [0, 0.05) is 16.7 Å². The molecule has 0 fully saturated rings. The highest BCUT2D eigenvalue weighted by Crippen LogP contribution is 2.30. The Morgan fingerprint density at radius 1 is 0.857 bits per heavy atom. The van der Waals surface area contributed by atoms with E-state index in [4.69, 9.17) is 0 Å². The third-order valence-electron chi connectivity index (χ3n) is 4.03. The fourth-order valence-electron chi connectivity index (χ4n) is 2.98. The first-order valence-corrected chi connectivity index (χ1v) is 7.16. The van der Waals surface area contributed by atoms with Crippen molar-refractivity contribution in [2.24, 2.45) is 0 Å². The lowest BCUT2D eigenvalue weighted by molar-refractivity contribution is -0.133. The summed E-state index contributed by atoms with van der Waals surface area (Å²) >= 11 is 0. The van der Waals surface area contributed by atoms with E-state index in [2.05, 4.69) is 0 Å². The van der Waals surface area contributed by atoms with E-state index in [1.165, 1.54) is 0 Å². The van der Waals surface area contributed by atoms with Crippen LogP contribution in [0.2, 0.25) is 0 Å². The summed E-state index contributed by atoms with van der Waals surface area (Å²) in [6.07, 6.45) is 2.77. The highest BCUT2D eigenvalue weighted by atomic mass is 16.4. The number of aliphatic carboxylic acids is 1. The van der Waals surface area contributed by atoms with Gasteiger partial charge in [0.15, 0.2) is 5.78 Å². The van der Waals surface area contributed by atoms with Gasteiger partial charge in [0.05, 0.1) is 0 Å². The van der Waals surface area contributed by atoms with E-state index < -0.39 is 5.97 Å². The summed E-state index contributed by atoms with van der Waals surface area (Å²) in [4.78, 5) is 24.2. The third kappa shape index (κ3) is 2.47. The molecule has 3 heteroatoms. The smallest absolute Gasteiger partial charge is 0.331 e. The molecule has 3 rings (SSSR count). The van der Waals surface area contributed by atoms with Crippen molar-refractivity contribution in [2.75, 3.05) is 0 Å². The van der Waals surface area contributed by atoms with Gasteiger partial charge in [-0.05, 0) is 36.5 Å². The molecule has 1 aliphatic carbocycles. The summed E-state index contributed by atoms with van der Waals surface area (Å²) in [6.45, 7) is 0. The van der Waals surface area contributed by atoms with Gasteiger partial charge in [0.2, 0.25) is 0 Å². The van der Waals surface area contributed by atoms with E-state index in [0.29, 0.717) is 29.6 Å². The Labute approximate surface area is 122 Å². The zero-order valence-electron chi connectivity index (χ0n) is 11.6. The highest BCUT2D eigenvalue weighted by Gasteiger charge is 2.25. The number of allylic oxidation sites excluding steroid dienone is 1. The molecule has 106 valence electrons. The summed E-state index contributed by atoms with van der Waals surface area (Å²) in [5.74, 6) is -1.10. The predicted octanol–water partition coefficient (Wildman–Crippen LogP) is 3.98. The number of carboxylic acids is 1. The van der Waals surface area contributed by atoms with E-state index in [-0.39, 0.29) is 5.78 Å². The molecule has 0 spiro atoms. The minimum atomic E-state index is -0.960. The van der Waals surface area contributed by atoms with Gasteiger partial charge in [-0.1, -0.05) is 42.5 Å². The molecule has 3 nitrogen and oxygen atoms in total. The van der Waals surface area contributed by atoms with Gasteiger partial charge in [-0.2, -0.15) is 0 Å². The molecule has 0 atom stereocenters. The number of hydrogen-bond acceptors (Lipinski definition) is 2. The summed E-state index contributed by atoms with van der Waals surface area (Å²) in [7, 11) is 0. The Kier molecular flexibility index (Phi) is 3.57. The van der Waals surface area contributed by atoms with Crippen molar-refractivity contribution in [1.29, 1.82) is 0 Å². The van der Waals surface area contributed by atoms with E-state index in [9.17, 15) is 14.7 Å². The normalized spacial score (nSPS) is 15.2. The second-order valence-corrected chi connectivity index (χ2v) is 5.33. The maximum atomic E-state index is 12.8. The maximum Gasteiger partial charge on any atom is 0.331 e. The first-order chi connectivity index (χ1) is 10.2. The molecule has 0 aromatic heterocycles. The Balaban J connectivity index is 2.14. The first-order valence-electron chi connectivity index (χ1n) is 7.16. The highest BCUT2D eigenvalue weighted by molar-refractivity contribution is 6.18. The number of carboxylic acid groups (broad SMARTS) is 1. The Bertz CT molecular complexity index is 751. The van der Waals surface area contributed by atoms with Gasteiger partial charge in [0.25, 0.3) is 0 Å². The Morgan fingerprint density at radius 2 is 1.52 bits per heavy atom. The van der Waals surface area contributed by atoms with Gasteiger partial charge >= 0.3 is 5.97 Å². The molecule has 0 amide bonds. The maximum absolute atomic E-state index is 12.8. The van der Waals surface area contributed by atoms with E-state index >= 15 is 0 Å². The SMILES string of the molecule is O=C(O)C1=C(C(=O)c2cccc3ccccc23)CCCC1. The zero-order valence-corrected chi connectivity index (χ0v) is 11.6. The Morgan fingerprint density at radius 3 is 2.29 bits per heavy atom. The van der Waals surface area contributed by atoms with Crippen molar-refractivity contribution >= 4 is 22.5 Å². The molecule has 21 heavy (non-hydrogen) atoms. The number of Topliss-reactive ketones (excluding diaryl/α,β-unsaturated/α-hetero) is 1. The van der Waals surface area contributed by atoms with E-state index in [1.54, 1.807) is 6.07 Å². The number of ketones is 1. The third-order valence-corrected chi connectivity index (χ3v) is 4.03. The van der Waals surface area contributed by atoms with Crippen LogP contribution in [0.1, 0.15) is 36.0 Å².